The van der Waals surface area contributed by atoms with E-state index in [9.17, 15) is 18.0 Å². The molecule has 0 aliphatic heterocycles. The quantitative estimate of drug-likeness (QED) is 0.539. The van der Waals surface area contributed by atoms with Crippen LogP contribution in [0.1, 0.15) is 30.9 Å². The number of ether oxygens (including phenoxy) is 1. The summed E-state index contributed by atoms with van der Waals surface area (Å²) in [5.41, 5.74) is 2.41. The van der Waals surface area contributed by atoms with Crippen LogP contribution in [0.5, 0.6) is 5.75 Å². The fourth-order valence-corrected chi connectivity index (χ4v) is 4.44. The van der Waals surface area contributed by atoms with Crippen LogP contribution < -0.4 is 14.4 Å². The van der Waals surface area contributed by atoms with Gasteiger partial charge in [-0.1, -0.05) is 29.8 Å². The zero-order valence-electron chi connectivity index (χ0n) is 19.9. The number of rotatable bonds is 11. The van der Waals surface area contributed by atoms with E-state index in [1.54, 1.807) is 26.2 Å². The molecule has 0 saturated heterocycles. The second-order valence-electron chi connectivity index (χ2n) is 7.94. The van der Waals surface area contributed by atoms with E-state index in [1.165, 1.54) is 16.3 Å². The van der Waals surface area contributed by atoms with E-state index in [0.717, 1.165) is 17.4 Å². The topological polar surface area (TPSA) is 96.0 Å². The van der Waals surface area contributed by atoms with Crippen molar-refractivity contribution in [1.82, 2.24) is 10.2 Å². The third-order valence-electron chi connectivity index (χ3n) is 5.37. The Balaban J connectivity index is 2.15. The van der Waals surface area contributed by atoms with Crippen molar-refractivity contribution in [2.24, 2.45) is 0 Å². The first-order chi connectivity index (χ1) is 15.6. The van der Waals surface area contributed by atoms with Crippen LogP contribution in [0.15, 0.2) is 48.5 Å². The SMILES string of the molecule is CNC(=O)C(C)N(Cc1cccc(OC)c1)C(=O)CCCN(c1ccc(C)cc1)S(C)(=O)=O. The van der Waals surface area contributed by atoms with Gasteiger partial charge < -0.3 is 15.0 Å². The zero-order valence-corrected chi connectivity index (χ0v) is 20.7. The number of sulfonamides is 1. The minimum absolute atomic E-state index is 0.100. The maximum absolute atomic E-state index is 13.1. The fourth-order valence-electron chi connectivity index (χ4n) is 3.47. The summed E-state index contributed by atoms with van der Waals surface area (Å²) < 4.78 is 31.2. The number of methoxy groups -OCH3 is 1. The summed E-state index contributed by atoms with van der Waals surface area (Å²) in [6, 6.07) is 13.8. The molecule has 0 aliphatic carbocycles. The van der Waals surface area contributed by atoms with Gasteiger partial charge in [0.05, 0.1) is 19.1 Å². The first kappa shape index (κ1) is 26.2. The normalized spacial score (nSPS) is 12.0. The van der Waals surface area contributed by atoms with Gasteiger partial charge in [-0.25, -0.2) is 8.42 Å². The summed E-state index contributed by atoms with van der Waals surface area (Å²) >= 11 is 0. The van der Waals surface area contributed by atoms with Crippen LogP contribution in [0.25, 0.3) is 0 Å². The number of amides is 2. The molecule has 0 aromatic heterocycles. The van der Waals surface area contributed by atoms with E-state index in [1.807, 2.05) is 43.3 Å². The highest BCUT2D eigenvalue weighted by Gasteiger charge is 2.26. The molecule has 9 heteroatoms. The Morgan fingerprint density at radius 1 is 1.12 bits per heavy atom. The molecular weight excluding hydrogens is 442 g/mol. The molecule has 33 heavy (non-hydrogen) atoms. The van der Waals surface area contributed by atoms with Crippen molar-refractivity contribution in [3.05, 3.63) is 59.7 Å². The molecule has 8 nitrogen and oxygen atoms in total. The van der Waals surface area contributed by atoms with Crippen LogP contribution in [0.2, 0.25) is 0 Å². The van der Waals surface area contributed by atoms with Crippen LogP contribution in [0, 0.1) is 6.92 Å². The van der Waals surface area contributed by atoms with Crippen LogP contribution in [-0.4, -0.2) is 58.1 Å². The molecule has 0 aliphatic rings. The summed E-state index contributed by atoms with van der Waals surface area (Å²) in [5.74, 6) is 0.157. The standard InChI is InChI=1S/C24H33N3O5S/c1-18-11-13-21(14-12-18)27(33(5,30)31)15-7-10-23(28)26(19(2)24(29)25-3)17-20-8-6-9-22(16-20)32-4/h6,8-9,11-14,16,19H,7,10,15,17H2,1-5H3,(H,25,29). The predicted molar refractivity (Wildman–Crippen MR) is 130 cm³/mol. The number of hydrogen-bond donors (Lipinski definition) is 1. The van der Waals surface area contributed by atoms with Gasteiger partial charge in [0.2, 0.25) is 21.8 Å². The van der Waals surface area contributed by atoms with E-state index in [0.29, 0.717) is 17.9 Å². The van der Waals surface area contributed by atoms with Gasteiger partial charge in [-0.15, -0.1) is 0 Å². The first-order valence-electron chi connectivity index (χ1n) is 10.7. The molecule has 2 amide bonds. The Bertz CT molecular complexity index is 1050. The third-order valence-corrected chi connectivity index (χ3v) is 6.57. The van der Waals surface area contributed by atoms with Gasteiger partial charge >= 0.3 is 0 Å². The molecule has 0 saturated carbocycles. The van der Waals surface area contributed by atoms with Gasteiger partial charge in [0.25, 0.3) is 0 Å². The van der Waals surface area contributed by atoms with Gasteiger partial charge in [0.15, 0.2) is 0 Å². The highest BCUT2D eigenvalue weighted by atomic mass is 32.2. The zero-order chi connectivity index (χ0) is 24.6. The lowest BCUT2D eigenvalue weighted by atomic mass is 10.1. The number of likely N-dealkylation sites (N-methyl/N-ethyl adjacent to an activating group) is 1. The van der Waals surface area contributed by atoms with E-state index in [2.05, 4.69) is 5.32 Å². The molecule has 2 aromatic rings. The van der Waals surface area contributed by atoms with Crippen molar-refractivity contribution in [3.63, 3.8) is 0 Å². The van der Waals surface area contributed by atoms with Gasteiger partial charge in [-0.05, 0) is 50.1 Å². The third kappa shape index (κ3) is 7.49. The number of nitrogens with zero attached hydrogens (tertiary/aromatic N) is 2. The Kier molecular flexibility index (Phi) is 9.28. The summed E-state index contributed by atoms with van der Waals surface area (Å²) in [7, 11) is -0.416. The molecular formula is C24H33N3O5S. The van der Waals surface area contributed by atoms with E-state index < -0.39 is 16.1 Å². The van der Waals surface area contributed by atoms with Crippen LogP contribution >= 0.6 is 0 Å². The Hall–Kier alpha value is -3.07. The van der Waals surface area contributed by atoms with E-state index >= 15 is 0 Å². The Morgan fingerprint density at radius 2 is 1.79 bits per heavy atom. The van der Waals surface area contributed by atoms with Crippen molar-refractivity contribution >= 4 is 27.5 Å². The smallest absolute Gasteiger partial charge is 0.242 e. The summed E-state index contributed by atoms with van der Waals surface area (Å²) in [6.45, 7) is 4.00. The van der Waals surface area contributed by atoms with Crippen LogP contribution in [0.3, 0.4) is 0 Å². The average Bonchev–Trinajstić information content (AvgIpc) is 2.79. The van der Waals surface area contributed by atoms with Crippen molar-refractivity contribution in [1.29, 1.82) is 0 Å². The van der Waals surface area contributed by atoms with Crippen LogP contribution in [0.4, 0.5) is 5.69 Å². The molecule has 2 rings (SSSR count). The second-order valence-corrected chi connectivity index (χ2v) is 9.84. The van der Waals surface area contributed by atoms with Gasteiger partial charge in [-0.3, -0.25) is 13.9 Å². The molecule has 0 radical (unpaired) electrons. The monoisotopic (exact) mass is 475 g/mol. The van der Waals surface area contributed by atoms with E-state index in [4.69, 9.17) is 4.74 Å². The number of hydrogen-bond acceptors (Lipinski definition) is 5. The number of carbonyl (C=O) groups is 2. The highest BCUT2D eigenvalue weighted by molar-refractivity contribution is 7.92. The molecule has 180 valence electrons. The van der Waals surface area contributed by atoms with Crippen molar-refractivity contribution in [2.75, 3.05) is 31.3 Å². The second kappa shape index (κ2) is 11.7. The fraction of sp³-hybridized carbons (Fsp3) is 0.417. The number of anilines is 1. The summed E-state index contributed by atoms with van der Waals surface area (Å²) in [4.78, 5) is 26.9. The summed E-state index contributed by atoms with van der Waals surface area (Å²) in [5, 5.41) is 2.58. The predicted octanol–water partition coefficient (Wildman–Crippen LogP) is 2.71. The molecule has 2 aromatic carbocycles. The molecule has 0 spiro atoms. The van der Waals surface area contributed by atoms with Crippen molar-refractivity contribution < 1.29 is 22.7 Å². The largest absolute Gasteiger partial charge is 0.497 e. The van der Waals surface area contributed by atoms with Crippen molar-refractivity contribution in [3.8, 4) is 5.75 Å². The van der Waals surface area contributed by atoms with Crippen molar-refractivity contribution in [2.45, 2.75) is 39.3 Å². The molecule has 1 N–H and O–H groups in total. The first-order valence-corrected chi connectivity index (χ1v) is 12.6. The Morgan fingerprint density at radius 3 is 2.36 bits per heavy atom. The van der Waals surface area contributed by atoms with Gasteiger partial charge in [0.1, 0.15) is 11.8 Å². The minimum Gasteiger partial charge on any atom is -0.497 e. The van der Waals surface area contributed by atoms with Gasteiger partial charge in [0, 0.05) is 26.6 Å². The number of aryl methyl sites for hydroxylation is 1. The van der Waals surface area contributed by atoms with E-state index in [-0.39, 0.29) is 31.3 Å². The molecule has 0 bridgehead atoms. The Labute approximate surface area is 196 Å². The molecule has 0 fully saturated rings. The average molecular weight is 476 g/mol. The summed E-state index contributed by atoms with van der Waals surface area (Å²) in [6.07, 6.45) is 1.56. The maximum Gasteiger partial charge on any atom is 0.242 e. The van der Waals surface area contributed by atoms with Gasteiger partial charge in [-0.2, -0.15) is 0 Å². The number of nitrogens with one attached hydrogen (secondary N) is 1. The molecule has 0 heterocycles. The lowest BCUT2D eigenvalue weighted by Crippen LogP contribution is -2.46. The number of benzene rings is 2. The maximum atomic E-state index is 13.1. The lowest BCUT2D eigenvalue weighted by molar-refractivity contribution is -0.140. The minimum atomic E-state index is -3.51. The highest BCUT2D eigenvalue weighted by Crippen LogP contribution is 2.20. The molecule has 1 atom stereocenters. The molecule has 1 unspecified atom stereocenters. The lowest BCUT2D eigenvalue weighted by Gasteiger charge is -2.29. The van der Waals surface area contributed by atoms with Crippen LogP contribution in [-0.2, 0) is 26.2 Å². The number of carbonyl (C=O) groups excluding carboxylic acids is 2.